The first-order chi connectivity index (χ1) is 14.6. The summed E-state index contributed by atoms with van der Waals surface area (Å²) in [4.78, 5) is 14.8. The number of carbonyl (C=O) groups is 1. The maximum absolute atomic E-state index is 12.7. The molecule has 2 rings (SSSR count). The van der Waals surface area contributed by atoms with Gasteiger partial charge in [0.15, 0.2) is 0 Å². The first kappa shape index (κ1) is 24.5. The van der Waals surface area contributed by atoms with E-state index < -0.39 is 0 Å². The Balaban J connectivity index is 1.83. The molecule has 1 aliphatic carbocycles. The molecule has 0 heterocycles. The van der Waals surface area contributed by atoms with Gasteiger partial charge in [0.05, 0.1) is 12.3 Å². The van der Waals surface area contributed by atoms with Crippen LogP contribution in [0.3, 0.4) is 0 Å². The van der Waals surface area contributed by atoms with Crippen molar-refractivity contribution in [2.75, 3.05) is 32.6 Å². The highest BCUT2D eigenvalue weighted by molar-refractivity contribution is 5.86. The quantitative estimate of drug-likeness (QED) is 0.311. The molecule has 0 aromatic heterocycles. The van der Waals surface area contributed by atoms with Crippen LogP contribution >= 0.6 is 0 Å². The summed E-state index contributed by atoms with van der Waals surface area (Å²) in [5.41, 5.74) is 0.686. The van der Waals surface area contributed by atoms with Gasteiger partial charge in [0.2, 0.25) is 0 Å². The lowest BCUT2D eigenvalue weighted by atomic mass is 9.97. The van der Waals surface area contributed by atoms with Crippen LogP contribution in [-0.4, -0.2) is 44.3 Å². The first-order valence-corrected chi connectivity index (χ1v) is 11.9. The number of rotatable bonds is 12. The molecular weight excluding hydrogens is 376 g/mol. The van der Waals surface area contributed by atoms with Gasteiger partial charge in [-0.3, -0.25) is 5.32 Å². The van der Waals surface area contributed by atoms with Gasteiger partial charge < -0.3 is 14.4 Å². The predicted molar refractivity (Wildman–Crippen MR) is 124 cm³/mol. The number of nitrogens with zero attached hydrogens (tertiary/aromatic N) is 1. The molecular formula is C25H42N2O3. The Bertz CT molecular complexity index is 606. The van der Waals surface area contributed by atoms with Crippen LogP contribution in [0.2, 0.25) is 0 Å². The van der Waals surface area contributed by atoms with E-state index in [9.17, 15) is 4.79 Å². The molecule has 0 bridgehead atoms. The van der Waals surface area contributed by atoms with Gasteiger partial charge in [-0.25, -0.2) is 4.79 Å². The number of nitrogens with one attached hydrogen (secondary N) is 1. The highest BCUT2D eigenvalue weighted by Gasteiger charge is 2.27. The maximum atomic E-state index is 12.7. The minimum Gasteiger partial charge on any atom is -0.491 e. The molecule has 1 fully saturated rings. The smallest absolute Gasteiger partial charge is 0.412 e. The van der Waals surface area contributed by atoms with Crippen molar-refractivity contribution in [1.29, 1.82) is 0 Å². The topological polar surface area (TPSA) is 50.8 Å². The predicted octanol–water partition coefficient (Wildman–Crippen LogP) is 6.48. The Hall–Kier alpha value is -1.75. The molecule has 0 unspecified atom stereocenters. The SMILES string of the molecule is CCCCCCCCOc1ccccc1NC(=O)O[C@@H]1CCCCC[C@@H]1CN(C)C. The highest BCUT2D eigenvalue weighted by Crippen LogP contribution is 2.28. The van der Waals surface area contributed by atoms with Crippen molar-refractivity contribution in [3.8, 4) is 5.75 Å². The third-order valence-corrected chi connectivity index (χ3v) is 5.83. The summed E-state index contributed by atoms with van der Waals surface area (Å²) in [7, 11) is 4.17. The number of benzene rings is 1. The Morgan fingerprint density at radius 3 is 2.57 bits per heavy atom. The standard InChI is InChI=1S/C25H42N2O3/c1-4-5-6-7-8-14-19-29-24-18-13-12-16-22(24)26-25(28)30-23-17-11-9-10-15-21(23)20-27(2)3/h12-13,16,18,21,23H,4-11,14-15,17,19-20H2,1-3H3,(H,26,28)/t21-,23-/m1/s1. The van der Waals surface area contributed by atoms with Gasteiger partial charge in [-0.05, 0) is 51.9 Å². The fourth-order valence-corrected chi connectivity index (χ4v) is 4.22. The van der Waals surface area contributed by atoms with Crippen molar-refractivity contribution < 1.29 is 14.3 Å². The number of anilines is 1. The van der Waals surface area contributed by atoms with E-state index in [0.29, 0.717) is 24.0 Å². The Labute approximate surface area is 183 Å². The fourth-order valence-electron chi connectivity index (χ4n) is 4.22. The van der Waals surface area contributed by atoms with Gasteiger partial charge in [0.1, 0.15) is 11.9 Å². The van der Waals surface area contributed by atoms with Gasteiger partial charge in [-0.15, -0.1) is 0 Å². The lowest BCUT2D eigenvalue weighted by Crippen LogP contribution is -2.34. The Morgan fingerprint density at radius 2 is 1.77 bits per heavy atom. The number of hydrogen-bond acceptors (Lipinski definition) is 4. The van der Waals surface area contributed by atoms with Crippen molar-refractivity contribution in [3.05, 3.63) is 24.3 Å². The Morgan fingerprint density at radius 1 is 1.03 bits per heavy atom. The second-order valence-corrected chi connectivity index (χ2v) is 8.84. The number of para-hydroxylation sites is 2. The van der Waals surface area contributed by atoms with E-state index in [1.807, 2.05) is 24.3 Å². The van der Waals surface area contributed by atoms with Crippen LogP contribution in [-0.2, 0) is 4.74 Å². The summed E-state index contributed by atoms with van der Waals surface area (Å²) in [6, 6.07) is 7.63. The fraction of sp³-hybridized carbons (Fsp3) is 0.720. The largest absolute Gasteiger partial charge is 0.491 e. The number of unbranched alkanes of at least 4 members (excludes halogenated alkanes) is 5. The zero-order valence-electron chi connectivity index (χ0n) is 19.3. The molecule has 30 heavy (non-hydrogen) atoms. The summed E-state index contributed by atoms with van der Waals surface area (Å²) < 4.78 is 11.8. The summed E-state index contributed by atoms with van der Waals surface area (Å²) in [6.45, 7) is 3.86. The average molecular weight is 419 g/mol. The molecule has 2 atom stereocenters. The third-order valence-electron chi connectivity index (χ3n) is 5.83. The van der Waals surface area contributed by atoms with Crippen LogP contribution in [0.1, 0.15) is 77.6 Å². The van der Waals surface area contributed by atoms with Crippen molar-refractivity contribution in [1.82, 2.24) is 4.90 Å². The van der Waals surface area contributed by atoms with Crippen LogP contribution < -0.4 is 10.1 Å². The molecule has 0 saturated heterocycles. The van der Waals surface area contributed by atoms with Gasteiger partial charge in [0.25, 0.3) is 0 Å². The first-order valence-electron chi connectivity index (χ1n) is 11.9. The molecule has 0 aliphatic heterocycles. The van der Waals surface area contributed by atoms with E-state index >= 15 is 0 Å². The van der Waals surface area contributed by atoms with E-state index in [-0.39, 0.29) is 12.2 Å². The lowest BCUT2D eigenvalue weighted by Gasteiger charge is -2.27. The minimum absolute atomic E-state index is 0.0221. The second kappa shape index (κ2) is 14.3. The van der Waals surface area contributed by atoms with Crippen LogP contribution in [0.4, 0.5) is 10.5 Å². The molecule has 1 saturated carbocycles. The molecule has 170 valence electrons. The second-order valence-electron chi connectivity index (χ2n) is 8.84. The molecule has 1 N–H and O–H groups in total. The normalized spacial score (nSPS) is 19.3. The van der Waals surface area contributed by atoms with Crippen molar-refractivity contribution >= 4 is 11.8 Å². The Kier molecular flexibility index (Phi) is 11.7. The van der Waals surface area contributed by atoms with Crippen LogP contribution in [0.5, 0.6) is 5.75 Å². The van der Waals surface area contributed by atoms with Gasteiger partial charge in [-0.2, -0.15) is 0 Å². The molecule has 1 aliphatic rings. The van der Waals surface area contributed by atoms with Gasteiger partial charge in [-0.1, -0.05) is 64.0 Å². The van der Waals surface area contributed by atoms with E-state index in [1.165, 1.54) is 44.9 Å². The molecule has 1 amide bonds. The number of carbonyl (C=O) groups excluding carboxylic acids is 1. The molecule has 1 aromatic rings. The summed E-state index contributed by atoms with van der Waals surface area (Å²) in [6.07, 6.45) is 12.6. The van der Waals surface area contributed by atoms with Gasteiger partial charge >= 0.3 is 6.09 Å². The zero-order chi connectivity index (χ0) is 21.6. The molecule has 5 heteroatoms. The van der Waals surface area contributed by atoms with Crippen molar-refractivity contribution in [2.45, 2.75) is 83.7 Å². The lowest BCUT2D eigenvalue weighted by molar-refractivity contribution is 0.0569. The zero-order valence-corrected chi connectivity index (χ0v) is 19.3. The van der Waals surface area contributed by atoms with E-state index in [2.05, 4.69) is 31.2 Å². The molecule has 0 spiro atoms. The van der Waals surface area contributed by atoms with Crippen LogP contribution in [0, 0.1) is 5.92 Å². The molecule has 5 nitrogen and oxygen atoms in total. The monoisotopic (exact) mass is 418 g/mol. The highest BCUT2D eigenvalue weighted by atomic mass is 16.6. The minimum atomic E-state index is -0.374. The van der Waals surface area contributed by atoms with Crippen molar-refractivity contribution in [2.24, 2.45) is 5.92 Å². The number of hydrogen-bond donors (Lipinski definition) is 1. The summed E-state index contributed by atoms with van der Waals surface area (Å²) in [5, 5.41) is 2.92. The van der Waals surface area contributed by atoms with E-state index in [1.54, 1.807) is 0 Å². The van der Waals surface area contributed by atoms with Crippen molar-refractivity contribution in [3.63, 3.8) is 0 Å². The molecule has 1 aromatic carbocycles. The number of amides is 1. The van der Waals surface area contributed by atoms with E-state index in [4.69, 9.17) is 9.47 Å². The number of ether oxygens (including phenoxy) is 2. The average Bonchev–Trinajstić information content (AvgIpc) is 2.93. The molecule has 0 radical (unpaired) electrons. The third kappa shape index (κ3) is 9.38. The van der Waals surface area contributed by atoms with E-state index in [0.717, 1.165) is 32.2 Å². The summed E-state index contributed by atoms with van der Waals surface area (Å²) in [5.74, 6) is 1.11. The van der Waals surface area contributed by atoms with Gasteiger partial charge in [0, 0.05) is 12.5 Å². The van der Waals surface area contributed by atoms with Crippen LogP contribution in [0.15, 0.2) is 24.3 Å². The van der Waals surface area contributed by atoms with Crippen LogP contribution in [0.25, 0.3) is 0 Å². The summed E-state index contributed by atoms with van der Waals surface area (Å²) >= 11 is 0. The maximum Gasteiger partial charge on any atom is 0.412 e.